The number of hydrogen-bond acceptors (Lipinski definition) is 4. The Balaban J connectivity index is 2.78. The highest BCUT2D eigenvalue weighted by atomic mass is 16.4. The van der Waals surface area contributed by atoms with Crippen LogP contribution in [0.2, 0.25) is 0 Å². The van der Waals surface area contributed by atoms with E-state index in [1.165, 1.54) is 6.92 Å². The zero-order chi connectivity index (χ0) is 17.2. The molecule has 0 radical (unpaired) electrons. The number of amides is 1. The van der Waals surface area contributed by atoms with Crippen LogP contribution < -0.4 is 10.6 Å². The summed E-state index contributed by atoms with van der Waals surface area (Å²) < 4.78 is 0. The molecule has 1 amide bonds. The van der Waals surface area contributed by atoms with Crippen LogP contribution in [0.4, 0.5) is 0 Å². The first-order valence-electron chi connectivity index (χ1n) is 8.06. The maximum atomic E-state index is 11.4. The van der Waals surface area contributed by atoms with Crippen molar-refractivity contribution in [2.45, 2.75) is 51.9 Å². The summed E-state index contributed by atoms with van der Waals surface area (Å²) in [6, 6.07) is 0. The number of rotatable bonds is 7. The third-order valence-corrected chi connectivity index (χ3v) is 3.95. The number of carbonyl (C=O) groups is 2. The lowest BCUT2D eigenvalue weighted by atomic mass is 9.92. The van der Waals surface area contributed by atoms with E-state index in [9.17, 15) is 9.59 Å². The Kier molecular flexibility index (Phi) is 8.08. The van der Waals surface area contributed by atoms with Gasteiger partial charge in [-0.25, -0.2) is 4.99 Å². The van der Waals surface area contributed by atoms with Crippen LogP contribution in [0, 0.1) is 5.92 Å². The molecule has 3 N–H and O–H groups in total. The summed E-state index contributed by atoms with van der Waals surface area (Å²) in [5.74, 6) is 0.0849. The lowest BCUT2D eigenvalue weighted by molar-refractivity contribution is -0.137. The van der Waals surface area contributed by atoms with Gasteiger partial charge in [0, 0.05) is 37.9 Å². The van der Waals surface area contributed by atoms with Gasteiger partial charge >= 0.3 is 5.97 Å². The zero-order valence-electron chi connectivity index (χ0n) is 14.0. The van der Waals surface area contributed by atoms with Gasteiger partial charge in [0.2, 0.25) is 5.91 Å². The van der Waals surface area contributed by atoms with E-state index < -0.39 is 5.97 Å². The van der Waals surface area contributed by atoms with Crippen LogP contribution in [-0.4, -0.2) is 30.2 Å². The quantitative estimate of drug-likeness (QED) is 0.672. The summed E-state index contributed by atoms with van der Waals surface area (Å²) >= 11 is 0. The highest BCUT2D eigenvalue weighted by Crippen LogP contribution is 2.25. The van der Waals surface area contributed by atoms with Gasteiger partial charge in [-0.15, -0.1) is 0 Å². The molecular weight excluding hydrogens is 294 g/mol. The Labute approximate surface area is 137 Å². The second-order valence-electron chi connectivity index (χ2n) is 5.83. The fraction of sp³-hybridized carbons (Fsp3) is 0.588. The number of nitrogens with zero attached hydrogens (tertiary/aromatic N) is 1. The van der Waals surface area contributed by atoms with Gasteiger partial charge in [0.1, 0.15) is 5.82 Å². The first-order chi connectivity index (χ1) is 10.9. The highest BCUT2D eigenvalue weighted by Gasteiger charge is 2.15. The standard InChI is InChI=1S/C17H27N3O3/c1-12(18-3)15-8-4-6-14(7-5-9-16(22)23)10-11-19-17(15)20-13(2)21/h11,14,18H,1,4-10H2,2-3H3,(H,20,21)(H,22,23)/b17-15-,19-11?. The predicted octanol–water partition coefficient (Wildman–Crippen LogP) is 2.58. The monoisotopic (exact) mass is 321 g/mol. The van der Waals surface area contributed by atoms with Crippen molar-refractivity contribution in [2.75, 3.05) is 7.05 Å². The third-order valence-electron chi connectivity index (χ3n) is 3.95. The first-order valence-corrected chi connectivity index (χ1v) is 8.06. The average molecular weight is 321 g/mol. The van der Waals surface area contributed by atoms with E-state index in [1.54, 1.807) is 7.05 Å². The van der Waals surface area contributed by atoms with E-state index in [0.29, 0.717) is 18.2 Å². The normalized spacial score (nSPS) is 21.7. The third kappa shape index (κ3) is 7.13. The molecule has 23 heavy (non-hydrogen) atoms. The molecule has 0 bridgehead atoms. The van der Waals surface area contributed by atoms with E-state index in [1.807, 2.05) is 6.21 Å². The summed E-state index contributed by atoms with van der Waals surface area (Å²) in [5, 5.41) is 14.5. The van der Waals surface area contributed by atoms with Crippen molar-refractivity contribution >= 4 is 18.1 Å². The Bertz CT molecular complexity index is 509. The number of allylic oxidation sites excluding steroid dienone is 1. The van der Waals surface area contributed by atoms with Crippen LogP contribution in [0.3, 0.4) is 0 Å². The van der Waals surface area contributed by atoms with E-state index in [-0.39, 0.29) is 12.3 Å². The number of aliphatic imine (C=N–C) groups is 1. The second kappa shape index (κ2) is 9.82. The molecule has 1 aliphatic rings. The van der Waals surface area contributed by atoms with Crippen molar-refractivity contribution in [2.24, 2.45) is 10.9 Å². The number of hydrogen-bond donors (Lipinski definition) is 3. The molecule has 0 fully saturated rings. The first kappa shape index (κ1) is 18.9. The molecule has 0 saturated heterocycles. The molecule has 1 atom stereocenters. The number of aliphatic carboxylic acids is 1. The van der Waals surface area contributed by atoms with Gasteiger partial charge in [-0.1, -0.05) is 6.58 Å². The zero-order valence-corrected chi connectivity index (χ0v) is 14.0. The second-order valence-corrected chi connectivity index (χ2v) is 5.83. The summed E-state index contributed by atoms with van der Waals surface area (Å²) in [7, 11) is 1.80. The lowest BCUT2D eigenvalue weighted by Crippen LogP contribution is -2.22. The largest absolute Gasteiger partial charge is 0.481 e. The van der Waals surface area contributed by atoms with E-state index in [0.717, 1.165) is 43.4 Å². The predicted molar refractivity (Wildman–Crippen MR) is 91.0 cm³/mol. The number of carbonyl (C=O) groups excluding carboxylic acids is 1. The van der Waals surface area contributed by atoms with Gasteiger partial charge in [-0.3, -0.25) is 9.59 Å². The van der Waals surface area contributed by atoms with E-state index >= 15 is 0 Å². The number of carboxylic acids is 1. The van der Waals surface area contributed by atoms with Gasteiger partial charge < -0.3 is 15.7 Å². The highest BCUT2D eigenvalue weighted by molar-refractivity contribution is 5.76. The molecule has 6 nitrogen and oxygen atoms in total. The van der Waals surface area contributed by atoms with Crippen LogP contribution in [-0.2, 0) is 9.59 Å². The van der Waals surface area contributed by atoms with Gasteiger partial charge in [-0.2, -0.15) is 0 Å². The number of nitrogens with one attached hydrogen (secondary N) is 2. The molecule has 1 heterocycles. The molecule has 6 heteroatoms. The average Bonchev–Trinajstić information content (AvgIpc) is 2.57. The Hall–Kier alpha value is -2.11. The van der Waals surface area contributed by atoms with E-state index in [4.69, 9.17) is 5.11 Å². The summed E-state index contributed by atoms with van der Waals surface area (Å²) in [6.45, 7) is 5.45. The molecule has 0 saturated carbocycles. The molecule has 0 spiro atoms. The number of likely N-dealkylation sites (N-methyl/N-ethyl adjacent to an activating group) is 1. The molecule has 0 aliphatic carbocycles. The summed E-state index contributed by atoms with van der Waals surface area (Å²) in [5.41, 5.74) is 1.68. The van der Waals surface area contributed by atoms with Crippen molar-refractivity contribution in [1.29, 1.82) is 0 Å². The Morgan fingerprint density at radius 2 is 2.22 bits per heavy atom. The summed E-state index contributed by atoms with van der Waals surface area (Å²) in [6.07, 6.45) is 7.16. The molecule has 0 aromatic heterocycles. The fourth-order valence-electron chi connectivity index (χ4n) is 2.70. The van der Waals surface area contributed by atoms with Crippen molar-refractivity contribution in [3.8, 4) is 0 Å². The smallest absolute Gasteiger partial charge is 0.303 e. The minimum atomic E-state index is -0.746. The minimum Gasteiger partial charge on any atom is -0.481 e. The molecule has 128 valence electrons. The van der Waals surface area contributed by atoms with Crippen molar-refractivity contribution in [3.63, 3.8) is 0 Å². The van der Waals surface area contributed by atoms with Crippen molar-refractivity contribution < 1.29 is 14.7 Å². The lowest BCUT2D eigenvalue weighted by Gasteiger charge is -2.15. The molecule has 1 unspecified atom stereocenters. The van der Waals surface area contributed by atoms with Crippen LogP contribution >= 0.6 is 0 Å². The Morgan fingerprint density at radius 3 is 2.83 bits per heavy atom. The SMILES string of the molecule is C=C(NC)/C1=C(\NC(C)=O)N=CCC(CCCC(=O)O)CCC1. The van der Waals surface area contributed by atoms with Gasteiger partial charge in [0.15, 0.2) is 0 Å². The summed E-state index contributed by atoms with van der Waals surface area (Å²) in [4.78, 5) is 26.5. The topological polar surface area (TPSA) is 90.8 Å². The van der Waals surface area contributed by atoms with Crippen LogP contribution in [0.5, 0.6) is 0 Å². The number of carboxylic acid groups (broad SMARTS) is 1. The van der Waals surface area contributed by atoms with Crippen molar-refractivity contribution in [1.82, 2.24) is 10.6 Å². The van der Waals surface area contributed by atoms with Gasteiger partial charge in [-0.05, 0) is 44.4 Å². The molecule has 1 aliphatic heterocycles. The maximum absolute atomic E-state index is 11.4. The molecule has 0 aromatic carbocycles. The maximum Gasteiger partial charge on any atom is 0.303 e. The fourth-order valence-corrected chi connectivity index (χ4v) is 2.70. The van der Waals surface area contributed by atoms with Crippen LogP contribution in [0.1, 0.15) is 51.9 Å². The Morgan fingerprint density at radius 1 is 1.48 bits per heavy atom. The van der Waals surface area contributed by atoms with Crippen LogP contribution in [0.15, 0.2) is 28.7 Å². The molecular formula is C17H27N3O3. The van der Waals surface area contributed by atoms with Crippen LogP contribution in [0.25, 0.3) is 0 Å². The van der Waals surface area contributed by atoms with E-state index in [2.05, 4.69) is 22.2 Å². The van der Waals surface area contributed by atoms with Gasteiger partial charge in [0.05, 0.1) is 0 Å². The molecule has 0 aromatic rings. The minimum absolute atomic E-state index is 0.157. The molecule has 1 rings (SSSR count). The van der Waals surface area contributed by atoms with Crippen molar-refractivity contribution in [3.05, 3.63) is 23.7 Å². The van der Waals surface area contributed by atoms with Gasteiger partial charge in [0.25, 0.3) is 0 Å².